The Bertz CT molecular complexity index is 797. The van der Waals surface area contributed by atoms with Crippen LogP contribution >= 0.6 is 11.6 Å². The van der Waals surface area contributed by atoms with Crippen LogP contribution in [0, 0.1) is 0 Å². The third kappa shape index (κ3) is 2.66. The second-order valence-corrected chi connectivity index (χ2v) is 4.91. The fraction of sp³-hybridized carbons (Fsp3) is 0. The number of para-hydroxylation sites is 1. The van der Waals surface area contributed by atoms with E-state index in [0.29, 0.717) is 5.02 Å². The largest absolute Gasteiger partial charge is 0.507 e. The molecule has 0 aliphatic rings. The van der Waals surface area contributed by atoms with Crippen molar-refractivity contribution in [3.05, 3.63) is 77.1 Å². The van der Waals surface area contributed by atoms with Gasteiger partial charge in [-0.15, -0.1) is 0 Å². The Morgan fingerprint density at radius 2 is 1.86 bits per heavy atom. The maximum atomic E-state index is 12.4. The summed E-state index contributed by atoms with van der Waals surface area (Å²) in [5.41, 5.74) is 1.24. The molecule has 1 N–H and O–H groups in total. The Hall–Kier alpha value is -2.59. The van der Waals surface area contributed by atoms with E-state index in [0.717, 1.165) is 5.69 Å². The number of benzene rings is 2. The molecule has 0 saturated heterocycles. The summed E-state index contributed by atoms with van der Waals surface area (Å²) in [4.78, 5) is 12.4. The number of hydrogen-bond acceptors (Lipinski definition) is 3. The van der Waals surface area contributed by atoms with Gasteiger partial charge in [-0.05, 0) is 36.4 Å². The highest BCUT2D eigenvalue weighted by Gasteiger charge is 2.17. The van der Waals surface area contributed by atoms with E-state index in [2.05, 4.69) is 5.10 Å². The molecule has 1 aromatic heterocycles. The van der Waals surface area contributed by atoms with Crippen LogP contribution in [0.2, 0.25) is 5.02 Å². The molecule has 0 amide bonds. The average Bonchev–Trinajstić information content (AvgIpc) is 3.00. The zero-order chi connectivity index (χ0) is 14.8. The summed E-state index contributed by atoms with van der Waals surface area (Å²) < 4.78 is 1.61. The summed E-state index contributed by atoms with van der Waals surface area (Å²) in [7, 11) is 0. The third-order valence-corrected chi connectivity index (χ3v) is 3.28. The molecule has 104 valence electrons. The smallest absolute Gasteiger partial charge is 0.217 e. The van der Waals surface area contributed by atoms with Crippen LogP contribution in [0.5, 0.6) is 5.75 Å². The van der Waals surface area contributed by atoms with Gasteiger partial charge in [0.1, 0.15) is 11.4 Å². The second kappa shape index (κ2) is 5.42. The predicted octanol–water partition coefficient (Wildman–Crippen LogP) is 3.46. The van der Waals surface area contributed by atoms with E-state index in [1.807, 2.05) is 30.3 Å². The quantitative estimate of drug-likeness (QED) is 0.753. The predicted molar refractivity (Wildman–Crippen MR) is 80.1 cm³/mol. The summed E-state index contributed by atoms with van der Waals surface area (Å²) in [5.74, 6) is -0.483. The number of phenolic OH excluding ortho intramolecular Hbond substituents is 1. The summed E-state index contributed by atoms with van der Waals surface area (Å²) in [6.45, 7) is 0. The van der Waals surface area contributed by atoms with E-state index >= 15 is 0 Å². The molecule has 0 fully saturated rings. The molecule has 0 aliphatic carbocycles. The van der Waals surface area contributed by atoms with Gasteiger partial charge in [-0.3, -0.25) is 4.79 Å². The lowest BCUT2D eigenvalue weighted by Gasteiger charge is -2.03. The Kier molecular flexibility index (Phi) is 3.46. The minimum absolute atomic E-state index is 0.112. The highest BCUT2D eigenvalue weighted by atomic mass is 35.5. The molecular formula is C16H11ClN2O2. The van der Waals surface area contributed by atoms with E-state index in [1.165, 1.54) is 18.2 Å². The number of halogens is 1. The molecule has 1 heterocycles. The van der Waals surface area contributed by atoms with E-state index in [9.17, 15) is 9.90 Å². The van der Waals surface area contributed by atoms with Crippen LogP contribution in [-0.4, -0.2) is 20.7 Å². The molecular weight excluding hydrogens is 288 g/mol. The SMILES string of the molecule is O=C(c1ccn(-c2ccccc2)n1)c1cc(Cl)ccc1O. The molecule has 0 radical (unpaired) electrons. The van der Waals surface area contributed by atoms with Crippen LogP contribution in [0.15, 0.2) is 60.8 Å². The van der Waals surface area contributed by atoms with Gasteiger partial charge in [0.2, 0.25) is 5.78 Å². The molecule has 2 aromatic carbocycles. The molecule has 3 rings (SSSR count). The van der Waals surface area contributed by atoms with Crippen molar-refractivity contribution in [3.8, 4) is 11.4 Å². The lowest BCUT2D eigenvalue weighted by molar-refractivity contribution is 0.103. The Morgan fingerprint density at radius 1 is 1.10 bits per heavy atom. The number of phenols is 1. The van der Waals surface area contributed by atoms with Crippen molar-refractivity contribution < 1.29 is 9.90 Å². The first-order valence-corrected chi connectivity index (χ1v) is 6.67. The summed E-state index contributed by atoms with van der Waals surface area (Å²) in [6.07, 6.45) is 1.70. The highest BCUT2D eigenvalue weighted by Crippen LogP contribution is 2.24. The van der Waals surface area contributed by atoms with Crippen molar-refractivity contribution in [3.63, 3.8) is 0 Å². The fourth-order valence-corrected chi connectivity index (χ4v) is 2.17. The number of rotatable bonds is 3. The van der Waals surface area contributed by atoms with Gasteiger partial charge in [0.05, 0.1) is 11.3 Å². The van der Waals surface area contributed by atoms with Crippen LogP contribution in [0.1, 0.15) is 16.1 Å². The van der Waals surface area contributed by atoms with Gasteiger partial charge in [0.15, 0.2) is 0 Å². The van der Waals surface area contributed by atoms with Gasteiger partial charge in [-0.25, -0.2) is 4.68 Å². The molecule has 5 heteroatoms. The molecule has 0 bridgehead atoms. The normalized spacial score (nSPS) is 10.5. The van der Waals surface area contributed by atoms with Gasteiger partial charge >= 0.3 is 0 Å². The number of carbonyl (C=O) groups is 1. The van der Waals surface area contributed by atoms with Crippen molar-refractivity contribution in [1.82, 2.24) is 9.78 Å². The minimum atomic E-state index is -0.371. The first-order valence-electron chi connectivity index (χ1n) is 6.29. The van der Waals surface area contributed by atoms with Crippen molar-refractivity contribution in [1.29, 1.82) is 0 Å². The molecule has 4 nitrogen and oxygen atoms in total. The van der Waals surface area contributed by atoms with Gasteiger partial charge < -0.3 is 5.11 Å². The van der Waals surface area contributed by atoms with Crippen LogP contribution in [0.25, 0.3) is 5.69 Å². The Morgan fingerprint density at radius 3 is 2.62 bits per heavy atom. The van der Waals surface area contributed by atoms with Crippen LogP contribution in [0.3, 0.4) is 0 Å². The van der Waals surface area contributed by atoms with Crippen LogP contribution in [-0.2, 0) is 0 Å². The van der Waals surface area contributed by atoms with Gasteiger partial charge in [0, 0.05) is 11.2 Å². The van der Waals surface area contributed by atoms with Crippen LogP contribution in [0.4, 0.5) is 0 Å². The molecule has 0 saturated carbocycles. The van der Waals surface area contributed by atoms with Crippen LogP contribution < -0.4 is 0 Å². The standard InChI is InChI=1S/C16H11ClN2O2/c17-11-6-7-15(20)13(10-11)16(21)14-8-9-19(18-14)12-4-2-1-3-5-12/h1-10,20H. The van der Waals surface area contributed by atoms with Gasteiger partial charge in [-0.2, -0.15) is 5.10 Å². The maximum absolute atomic E-state index is 12.4. The van der Waals surface area contributed by atoms with Crippen molar-refractivity contribution in [2.24, 2.45) is 0 Å². The van der Waals surface area contributed by atoms with Gasteiger partial charge in [-0.1, -0.05) is 29.8 Å². The monoisotopic (exact) mass is 298 g/mol. The van der Waals surface area contributed by atoms with Crippen molar-refractivity contribution >= 4 is 17.4 Å². The molecule has 0 unspecified atom stereocenters. The molecule has 21 heavy (non-hydrogen) atoms. The molecule has 0 atom stereocenters. The zero-order valence-electron chi connectivity index (χ0n) is 10.9. The first kappa shape index (κ1) is 13.4. The summed E-state index contributed by atoms with van der Waals surface area (Å²) in [6, 6.07) is 15.4. The van der Waals surface area contributed by atoms with Crippen molar-refractivity contribution in [2.45, 2.75) is 0 Å². The number of aromatic nitrogens is 2. The number of nitrogens with zero attached hydrogens (tertiary/aromatic N) is 2. The third-order valence-electron chi connectivity index (χ3n) is 3.05. The number of ketones is 1. The summed E-state index contributed by atoms with van der Waals surface area (Å²) >= 11 is 5.86. The lowest BCUT2D eigenvalue weighted by atomic mass is 10.1. The highest BCUT2D eigenvalue weighted by molar-refractivity contribution is 6.31. The Labute approximate surface area is 126 Å². The molecule has 3 aromatic rings. The topological polar surface area (TPSA) is 55.1 Å². The maximum Gasteiger partial charge on any atom is 0.217 e. The second-order valence-electron chi connectivity index (χ2n) is 4.47. The zero-order valence-corrected chi connectivity index (χ0v) is 11.7. The van der Waals surface area contributed by atoms with E-state index in [4.69, 9.17) is 11.6 Å². The molecule has 0 spiro atoms. The van der Waals surface area contributed by atoms with E-state index in [1.54, 1.807) is 16.9 Å². The number of carbonyl (C=O) groups excluding carboxylic acids is 1. The Balaban J connectivity index is 1.96. The van der Waals surface area contributed by atoms with Gasteiger partial charge in [0.25, 0.3) is 0 Å². The van der Waals surface area contributed by atoms with E-state index in [-0.39, 0.29) is 22.8 Å². The summed E-state index contributed by atoms with van der Waals surface area (Å²) in [5, 5.41) is 14.4. The fourth-order valence-electron chi connectivity index (χ4n) is 2.00. The van der Waals surface area contributed by atoms with Crippen molar-refractivity contribution in [2.75, 3.05) is 0 Å². The molecule has 0 aliphatic heterocycles. The first-order chi connectivity index (χ1) is 10.1. The number of hydrogen-bond donors (Lipinski definition) is 1. The lowest BCUT2D eigenvalue weighted by Crippen LogP contribution is -2.04. The minimum Gasteiger partial charge on any atom is -0.507 e. The number of aromatic hydroxyl groups is 1. The average molecular weight is 299 g/mol. The van der Waals surface area contributed by atoms with E-state index < -0.39 is 0 Å².